The summed E-state index contributed by atoms with van der Waals surface area (Å²) in [4.78, 5) is 14.6. The van der Waals surface area contributed by atoms with Gasteiger partial charge in [0.2, 0.25) is 0 Å². The van der Waals surface area contributed by atoms with Crippen LogP contribution in [0.25, 0.3) is 0 Å². The summed E-state index contributed by atoms with van der Waals surface area (Å²) in [6.45, 7) is 6.36. The minimum atomic E-state index is 0.0949. The zero-order valence-corrected chi connectivity index (χ0v) is 14.3. The molecule has 0 saturated carbocycles. The number of ether oxygens (including phenoxy) is 1. The average Bonchev–Trinajstić information content (AvgIpc) is 2.97. The molecule has 2 unspecified atom stereocenters. The summed E-state index contributed by atoms with van der Waals surface area (Å²) in [5.41, 5.74) is 0.698. The third-order valence-corrected chi connectivity index (χ3v) is 4.33. The number of benzene rings is 1. The molecule has 1 aliphatic heterocycles. The molecule has 128 valence electrons. The molecule has 0 radical (unpaired) electrons. The van der Waals surface area contributed by atoms with Crippen molar-refractivity contribution in [3.05, 3.63) is 35.7 Å². The first kappa shape index (κ1) is 16.4. The molecule has 24 heavy (non-hydrogen) atoms. The Bertz CT molecular complexity index is 687. The van der Waals surface area contributed by atoms with E-state index < -0.39 is 0 Å². The van der Waals surface area contributed by atoms with Crippen LogP contribution >= 0.6 is 0 Å². The Kier molecular flexibility index (Phi) is 4.78. The highest BCUT2D eigenvalue weighted by Crippen LogP contribution is 2.23. The maximum atomic E-state index is 12.6. The minimum absolute atomic E-state index is 0.0949. The molecular formula is C17H23N5O2. The monoisotopic (exact) mass is 329 g/mol. The summed E-state index contributed by atoms with van der Waals surface area (Å²) in [7, 11) is 1.76. The minimum Gasteiger partial charge on any atom is -0.486 e. The molecule has 0 aliphatic carbocycles. The van der Waals surface area contributed by atoms with E-state index in [2.05, 4.69) is 29.4 Å². The van der Waals surface area contributed by atoms with Crippen molar-refractivity contribution >= 4 is 5.91 Å². The summed E-state index contributed by atoms with van der Waals surface area (Å²) in [5, 5.41) is 11.2. The number of carbonyl (C=O) groups is 1. The van der Waals surface area contributed by atoms with Crippen LogP contribution in [0, 0.1) is 11.8 Å². The Morgan fingerprint density at radius 3 is 2.46 bits per heavy atom. The Morgan fingerprint density at radius 2 is 1.88 bits per heavy atom. The van der Waals surface area contributed by atoms with Gasteiger partial charge >= 0.3 is 0 Å². The van der Waals surface area contributed by atoms with E-state index in [1.54, 1.807) is 11.7 Å². The predicted molar refractivity (Wildman–Crippen MR) is 88.4 cm³/mol. The standard InChI is InChI=1S/C17H23N5O2/c1-12-8-13(2)10-22(9-12)17(23)14-4-6-15(7-5-14)24-11-16-18-19-20-21(16)3/h4-7,12-13H,8-11H2,1-3H3. The third kappa shape index (κ3) is 3.72. The second-order valence-corrected chi connectivity index (χ2v) is 6.69. The summed E-state index contributed by atoms with van der Waals surface area (Å²) in [6, 6.07) is 7.26. The number of amides is 1. The van der Waals surface area contributed by atoms with Crippen LogP contribution in [0.2, 0.25) is 0 Å². The average molecular weight is 329 g/mol. The zero-order chi connectivity index (χ0) is 17.1. The molecule has 1 saturated heterocycles. The van der Waals surface area contributed by atoms with Crippen molar-refractivity contribution in [2.45, 2.75) is 26.9 Å². The largest absolute Gasteiger partial charge is 0.486 e. The lowest BCUT2D eigenvalue weighted by atomic mass is 9.91. The highest BCUT2D eigenvalue weighted by atomic mass is 16.5. The number of hydrogen-bond donors (Lipinski definition) is 0. The lowest BCUT2D eigenvalue weighted by Crippen LogP contribution is -2.42. The topological polar surface area (TPSA) is 73.1 Å². The fourth-order valence-corrected chi connectivity index (χ4v) is 3.22. The second kappa shape index (κ2) is 6.98. The number of rotatable bonds is 4. The van der Waals surface area contributed by atoms with Gasteiger partial charge in [0.05, 0.1) is 0 Å². The van der Waals surface area contributed by atoms with Crippen molar-refractivity contribution in [2.24, 2.45) is 18.9 Å². The first-order valence-corrected chi connectivity index (χ1v) is 8.26. The van der Waals surface area contributed by atoms with E-state index in [4.69, 9.17) is 4.74 Å². The maximum Gasteiger partial charge on any atom is 0.253 e. The Hall–Kier alpha value is -2.44. The van der Waals surface area contributed by atoms with Crippen LogP contribution in [-0.4, -0.2) is 44.1 Å². The summed E-state index contributed by atoms with van der Waals surface area (Å²) < 4.78 is 7.22. The SMILES string of the molecule is CC1CC(C)CN(C(=O)c2ccc(OCc3nnnn3C)cc2)C1. The zero-order valence-electron chi connectivity index (χ0n) is 14.3. The van der Waals surface area contributed by atoms with Gasteiger partial charge in [0.25, 0.3) is 5.91 Å². The van der Waals surface area contributed by atoms with Gasteiger partial charge in [-0.15, -0.1) is 5.10 Å². The van der Waals surface area contributed by atoms with Crippen molar-refractivity contribution in [1.29, 1.82) is 0 Å². The first-order valence-electron chi connectivity index (χ1n) is 8.26. The Labute approximate surface area is 141 Å². The van der Waals surface area contributed by atoms with E-state index >= 15 is 0 Å². The highest BCUT2D eigenvalue weighted by molar-refractivity contribution is 5.94. The molecule has 1 aromatic heterocycles. The van der Waals surface area contributed by atoms with Gasteiger partial charge in [-0.25, -0.2) is 4.68 Å². The number of piperidine rings is 1. The lowest BCUT2D eigenvalue weighted by molar-refractivity contribution is 0.0623. The van der Waals surface area contributed by atoms with Gasteiger partial charge in [0.1, 0.15) is 12.4 Å². The third-order valence-electron chi connectivity index (χ3n) is 4.33. The van der Waals surface area contributed by atoms with Crippen molar-refractivity contribution < 1.29 is 9.53 Å². The molecule has 0 bridgehead atoms. The molecule has 7 nitrogen and oxygen atoms in total. The maximum absolute atomic E-state index is 12.6. The van der Waals surface area contributed by atoms with Crippen molar-refractivity contribution in [2.75, 3.05) is 13.1 Å². The van der Waals surface area contributed by atoms with Crippen LogP contribution in [0.4, 0.5) is 0 Å². The number of aromatic nitrogens is 4. The molecule has 1 aromatic carbocycles. The Morgan fingerprint density at radius 1 is 1.21 bits per heavy atom. The van der Waals surface area contributed by atoms with Gasteiger partial charge in [-0.1, -0.05) is 13.8 Å². The van der Waals surface area contributed by atoms with Crippen LogP contribution in [0.1, 0.15) is 36.5 Å². The molecule has 0 spiro atoms. The van der Waals surface area contributed by atoms with E-state index in [-0.39, 0.29) is 12.5 Å². The van der Waals surface area contributed by atoms with Crippen LogP contribution < -0.4 is 4.74 Å². The summed E-state index contributed by atoms with van der Waals surface area (Å²) in [5.74, 6) is 2.54. The molecule has 1 aliphatic rings. The predicted octanol–water partition coefficient (Wildman–Crippen LogP) is 1.91. The van der Waals surface area contributed by atoms with E-state index in [1.165, 1.54) is 6.42 Å². The second-order valence-electron chi connectivity index (χ2n) is 6.69. The van der Waals surface area contributed by atoms with E-state index in [0.29, 0.717) is 29.0 Å². The molecule has 1 fully saturated rings. The normalized spacial score (nSPS) is 20.9. The molecular weight excluding hydrogens is 306 g/mol. The number of likely N-dealkylation sites (tertiary alicyclic amines) is 1. The van der Waals surface area contributed by atoms with E-state index in [0.717, 1.165) is 13.1 Å². The fourth-order valence-electron chi connectivity index (χ4n) is 3.22. The van der Waals surface area contributed by atoms with Crippen LogP contribution in [0.5, 0.6) is 5.75 Å². The van der Waals surface area contributed by atoms with Crippen LogP contribution in [0.15, 0.2) is 24.3 Å². The van der Waals surface area contributed by atoms with E-state index in [9.17, 15) is 4.79 Å². The van der Waals surface area contributed by atoms with Crippen molar-refractivity contribution in [3.8, 4) is 5.75 Å². The van der Waals surface area contributed by atoms with Gasteiger partial charge in [0, 0.05) is 25.7 Å². The fraction of sp³-hybridized carbons (Fsp3) is 0.529. The number of carbonyl (C=O) groups excluding carboxylic acids is 1. The molecule has 1 amide bonds. The number of aryl methyl sites for hydroxylation is 1. The highest BCUT2D eigenvalue weighted by Gasteiger charge is 2.26. The van der Waals surface area contributed by atoms with Crippen molar-refractivity contribution in [3.63, 3.8) is 0 Å². The van der Waals surface area contributed by atoms with Gasteiger partial charge in [-0.05, 0) is 52.9 Å². The molecule has 2 aromatic rings. The van der Waals surface area contributed by atoms with Gasteiger partial charge < -0.3 is 9.64 Å². The van der Waals surface area contributed by atoms with Crippen LogP contribution in [-0.2, 0) is 13.7 Å². The van der Waals surface area contributed by atoms with Crippen LogP contribution in [0.3, 0.4) is 0 Å². The molecule has 0 N–H and O–H groups in total. The quantitative estimate of drug-likeness (QED) is 0.857. The molecule has 3 rings (SSSR count). The van der Waals surface area contributed by atoms with Gasteiger partial charge in [-0.2, -0.15) is 0 Å². The first-order chi connectivity index (χ1) is 11.5. The smallest absolute Gasteiger partial charge is 0.253 e. The van der Waals surface area contributed by atoms with Crippen molar-refractivity contribution in [1.82, 2.24) is 25.1 Å². The molecule has 7 heteroatoms. The molecule has 2 heterocycles. The van der Waals surface area contributed by atoms with Gasteiger partial charge in [-0.3, -0.25) is 4.79 Å². The Balaban J connectivity index is 1.61. The number of tetrazole rings is 1. The molecule has 2 atom stereocenters. The number of hydrogen-bond acceptors (Lipinski definition) is 5. The lowest BCUT2D eigenvalue weighted by Gasteiger charge is -2.35. The van der Waals surface area contributed by atoms with Gasteiger partial charge in [0.15, 0.2) is 5.82 Å². The summed E-state index contributed by atoms with van der Waals surface area (Å²) in [6.07, 6.45) is 1.19. The summed E-state index contributed by atoms with van der Waals surface area (Å²) >= 11 is 0. The van der Waals surface area contributed by atoms with E-state index in [1.807, 2.05) is 29.2 Å². The number of nitrogens with zero attached hydrogens (tertiary/aromatic N) is 5.